The molecule has 1 aliphatic carbocycles. The summed E-state index contributed by atoms with van der Waals surface area (Å²) in [6.45, 7) is 0. The van der Waals surface area contributed by atoms with Crippen LogP contribution in [0.1, 0.15) is 12.8 Å². The fourth-order valence-corrected chi connectivity index (χ4v) is 1.09. The second kappa shape index (κ2) is 2.13. The molecule has 1 rings (SSSR count). The summed E-state index contributed by atoms with van der Waals surface area (Å²) in [7, 11) is 0. The maximum absolute atomic E-state index is 10.4. The van der Waals surface area contributed by atoms with E-state index in [1.54, 1.807) is 22.6 Å². The number of hydrogen-bond donors (Lipinski definition) is 0. The van der Waals surface area contributed by atoms with E-state index in [4.69, 9.17) is 0 Å². The van der Waals surface area contributed by atoms with Crippen LogP contribution in [0.4, 0.5) is 0 Å². The summed E-state index contributed by atoms with van der Waals surface area (Å²) in [5.41, 5.74) is 0. The molecule has 0 aromatic heterocycles. The van der Waals surface area contributed by atoms with Crippen molar-refractivity contribution in [3.63, 3.8) is 0 Å². The molecule has 0 bridgehead atoms. The SMILES string of the molecule is O=C1CC(C(=O)I)C1. The number of carbonyl (C=O) groups excluding carboxylic acids is 2. The molecule has 0 aliphatic heterocycles. The van der Waals surface area contributed by atoms with Crippen LogP contribution in [0.3, 0.4) is 0 Å². The summed E-state index contributed by atoms with van der Waals surface area (Å²) in [4.78, 5) is 20.7. The molecule has 44 valence electrons. The number of carbonyl (C=O) groups is 2. The number of rotatable bonds is 1. The molecule has 0 N–H and O–H groups in total. The van der Waals surface area contributed by atoms with Gasteiger partial charge in [-0.2, -0.15) is 0 Å². The monoisotopic (exact) mass is 224 g/mol. The Hall–Kier alpha value is 0.0700. The van der Waals surface area contributed by atoms with E-state index in [1.165, 1.54) is 0 Å². The third-order valence-electron chi connectivity index (χ3n) is 1.27. The zero-order valence-corrected chi connectivity index (χ0v) is 6.34. The van der Waals surface area contributed by atoms with E-state index < -0.39 is 0 Å². The van der Waals surface area contributed by atoms with Crippen molar-refractivity contribution in [1.29, 1.82) is 0 Å². The minimum Gasteiger partial charge on any atom is -0.300 e. The molecule has 2 nitrogen and oxygen atoms in total. The molecular weight excluding hydrogens is 219 g/mol. The van der Waals surface area contributed by atoms with E-state index in [1.807, 2.05) is 0 Å². The van der Waals surface area contributed by atoms with Crippen molar-refractivity contribution in [2.24, 2.45) is 5.92 Å². The molecule has 0 spiro atoms. The molecule has 0 unspecified atom stereocenters. The van der Waals surface area contributed by atoms with Crippen molar-refractivity contribution < 1.29 is 9.59 Å². The molecule has 0 atom stereocenters. The Bertz CT molecular complexity index is 133. The summed E-state index contributed by atoms with van der Waals surface area (Å²) >= 11 is 1.74. The molecule has 0 aromatic rings. The van der Waals surface area contributed by atoms with Crippen LogP contribution in [0.2, 0.25) is 0 Å². The van der Waals surface area contributed by atoms with Crippen molar-refractivity contribution in [1.82, 2.24) is 0 Å². The van der Waals surface area contributed by atoms with Crippen molar-refractivity contribution in [2.45, 2.75) is 12.8 Å². The zero-order chi connectivity index (χ0) is 6.15. The smallest absolute Gasteiger partial charge is 0.196 e. The quantitative estimate of drug-likeness (QED) is 0.490. The van der Waals surface area contributed by atoms with Crippen LogP contribution < -0.4 is 0 Å². The second-order valence-corrected chi connectivity index (χ2v) is 3.01. The van der Waals surface area contributed by atoms with Gasteiger partial charge in [0.1, 0.15) is 5.78 Å². The Morgan fingerprint density at radius 3 is 2.25 bits per heavy atom. The molecule has 1 saturated carbocycles. The summed E-state index contributed by atoms with van der Waals surface area (Å²) in [6.07, 6.45) is 0.976. The average molecular weight is 224 g/mol. The van der Waals surface area contributed by atoms with Crippen LogP contribution in [0.15, 0.2) is 0 Å². The van der Waals surface area contributed by atoms with Crippen LogP contribution in [-0.2, 0) is 9.59 Å². The topological polar surface area (TPSA) is 34.1 Å². The molecule has 0 radical (unpaired) electrons. The first-order valence-corrected chi connectivity index (χ1v) is 3.49. The maximum atomic E-state index is 10.4. The normalized spacial score (nSPS) is 20.4. The van der Waals surface area contributed by atoms with Crippen molar-refractivity contribution in [3.05, 3.63) is 0 Å². The largest absolute Gasteiger partial charge is 0.300 e. The predicted octanol–water partition coefficient (Wildman–Crippen LogP) is 0.927. The molecule has 0 heterocycles. The first-order chi connectivity index (χ1) is 3.70. The van der Waals surface area contributed by atoms with Gasteiger partial charge >= 0.3 is 0 Å². The lowest BCUT2D eigenvalue weighted by Gasteiger charge is -2.18. The fourth-order valence-electron chi connectivity index (χ4n) is 0.650. The Morgan fingerprint density at radius 2 is 2.12 bits per heavy atom. The second-order valence-electron chi connectivity index (χ2n) is 1.95. The molecule has 3 heteroatoms. The van der Waals surface area contributed by atoms with Crippen molar-refractivity contribution >= 4 is 32.2 Å². The van der Waals surface area contributed by atoms with E-state index in [0.717, 1.165) is 0 Å². The van der Waals surface area contributed by atoms with Crippen molar-refractivity contribution in [2.75, 3.05) is 0 Å². The van der Waals surface area contributed by atoms with E-state index >= 15 is 0 Å². The van der Waals surface area contributed by atoms with Gasteiger partial charge in [-0.05, 0) is 22.6 Å². The van der Waals surface area contributed by atoms with E-state index in [9.17, 15) is 9.59 Å². The Kier molecular flexibility index (Phi) is 1.65. The lowest BCUT2D eigenvalue weighted by molar-refractivity contribution is -0.132. The molecule has 1 fully saturated rings. The van der Waals surface area contributed by atoms with Gasteiger partial charge < -0.3 is 0 Å². The standard InChI is InChI=1S/C5H5IO2/c6-5(8)3-1-4(7)2-3/h3H,1-2H2. The first-order valence-electron chi connectivity index (χ1n) is 2.41. The summed E-state index contributed by atoms with van der Waals surface area (Å²) in [6, 6.07) is 0. The number of hydrogen-bond acceptors (Lipinski definition) is 2. The highest BCUT2D eigenvalue weighted by atomic mass is 127. The van der Waals surface area contributed by atoms with Crippen LogP contribution in [-0.4, -0.2) is 9.57 Å². The minimum absolute atomic E-state index is 0.0584. The van der Waals surface area contributed by atoms with Gasteiger partial charge in [0.2, 0.25) is 0 Å². The number of halogens is 1. The van der Waals surface area contributed by atoms with Gasteiger partial charge in [0.05, 0.1) is 0 Å². The zero-order valence-electron chi connectivity index (χ0n) is 4.19. The number of Topliss-reactive ketones (excluding diaryl/α,β-unsaturated/α-hetero) is 1. The minimum atomic E-state index is 0.0584. The van der Waals surface area contributed by atoms with Crippen LogP contribution in [0.25, 0.3) is 0 Å². The van der Waals surface area contributed by atoms with Gasteiger partial charge in [-0.3, -0.25) is 9.59 Å². The average Bonchev–Trinajstić information content (AvgIpc) is 1.57. The molecule has 8 heavy (non-hydrogen) atoms. The predicted molar refractivity (Wildman–Crippen MR) is 36.8 cm³/mol. The molecule has 0 amide bonds. The van der Waals surface area contributed by atoms with Gasteiger partial charge in [0, 0.05) is 18.8 Å². The Labute approximate surface area is 60.8 Å². The molecule has 0 saturated heterocycles. The fraction of sp³-hybridized carbons (Fsp3) is 0.600. The first kappa shape index (κ1) is 6.19. The summed E-state index contributed by atoms with van der Waals surface area (Å²) in [5, 5.41) is 0. The Balaban J connectivity index is 2.35. The van der Waals surface area contributed by atoms with Gasteiger partial charge in [-0.25, -0.2) is 0 Å². The molecule has 0 aromatic carbocycles. The van der Waals surface area contributed by atoms with Gasteiger partial charge in [-0.1, -0.05) is 0 Å². The van der Waals surface area contributed by atoms with E-state index in [2.05, 4.69) is 0 Å². The highest BCUT2D eigenvalue weighted by Gasteiger charge is 2.30. The van der Waals surface area contributed by atoms with E-state index in [0.29, 0.717) is 12.8 Å². The molecular formula is C5H5IO2. The molecule has 1 aliphatic rings. The lowest BCUT2D eigenvalue weighted by atomic mass is 9.85. The summed E-state index contributed by atoms with van der Waals surface area (Å²) < 4.78 is 0.127. The van der Waals surface area contributed by atoms with Gasteiger partial charge in [0.25, 0.3) is 0 Å². The third kappa shape index (κ3) is 1.07. The third-order valence-corrected chi connectivity index (χ3v) is 2.15. The lowest BCUT2D eigenvalue weighted by Crippen LogP contribution is -2.27. The highest BCUT2D eigenvalue weighted by molar-refractivity contribution is 14.1. The summed E-state index contributed by atoms with van der Waals surface area (Å²) in [5.74, 6) is 0.281. The maximum Gasteiger partial charge on any atom is 0.196 e. The highest BCUT2D eigenvalue weighted by Crippen LogP contribution is 2.25. The van der Waals surface area contributed by atoms with Crippen LogP contribution >= 0.6 is 22.6 Å². The van der Waals surface area contributed by atoms with Crippen LogP contribution in [0.5, 0.6) is 0 Å². The van der Waals surface area contributed by atoms with Gasteiger partial charge in [0.15, 0.2) is 3.79 Å². The van der Waals surface area contributed by atoms with Crippen molar-refractivity contribution in [3.8, 4) is 0 Å². The van der Waals surface area contributed by atoms with Crippen LogP contribution in [0, 0.1) is 5.92 Å². The number of ketones is 1. The Morgan fingerprint density at radius 1 is 1.62 bits per heavy atom. The van der Waals surface area contributed by atoms with E-state index in [-0.39, 0.29) is 15.5 Å². The van der Waals surface area contributed by atoms with Gasteiger partial charge in [-0.15, -0.1) is 0 Å².